The zero-order valence-electron chi connectivity index (χ0n) is 2.66. The molecule has 0 aliphatic heterocycles. The number of halogens is 2. The van der Waals surface area contributed by atoms with Crippen LogP contribution in [0.5, 0.6) is 0 Å². The van der Waals surface area contributed by atoms with Gasteiger partial charge in [-0.05, 0) is 0 Å². The SMILES string of the molecule is ClOCl.O.O.[Hf]. The van der Waals surface area contributed by atoms with Gasteiger partial charge in [-0.25, -0.2) is 0 Å². The maximum absolute atomic E-state index is 4.26. The first-order valence-corrected chi connectivity index (χ1v) is 0.926. The van der Waals surface area contributed by atoms with Crippen molar-refractivity contribution in [2.45, 2.75) is 0 Å². The third kappa shape index (κ3) is 56.5. The summed E-state index contributed by atoms with van der Waals surface area (Å²) in [7, 11) is 0. The van der Waals surface area contributed by atoms with Crippen molar-refractivity contribution in [2.24, 2.45) is 0 Å². The van der Waals surface area contributed by atoms with E-state index in [0.717, 1.165) is 0 Å². The van der Waals surface area contributed by atoms with Gasteiger partial charge in [0.05, 0.1) is 23.7 Å². The summed E-state index contributed by atoms with van der Waals surface area (Å²) in [4.78, 5) is 0. The van der Waals surface area contributed by atoms with Gasteiger partial charge in [0.15, 0.2) is 0 Å². The van der Waals surface area contributed by atoms with Gasteiger partial charge in [-0.2, -0.15) is 3.84 Å². The molecule has 0 radical (unpaired) electrons. The molecule has 0 aliphatic carbocycles. The first-order valence-electron chi connectivity index (χ1n) is 0.309. The minimum Gasteiger partial charge on any atom is -0.412 e. The van der Waals surface area contributed by atoms with Crippen LogP contribution in [-0.2, 0) is 29.7 Å². The molecule has 0 amide bonds. The monoisotopic (exact) mass is 302 g/mol. The van der Waals surface area contributed by atoms with Crippen molar-refractivity contribution in [2.75, 3.05) is 0 Å². The molecule has 0 heterocycles. The molecule has 6 heteroatoms. The second-order valence-corrected chi connectivity index (χ2v) is 0.525. The Labute approximate surface area is 64.3 Å². The van der Waals surface area contributed by atoms with Crippen LogP contribution in [0.4, 0.5) is 0 Å². The maximum atomic E-state index is 4.26. The predicted octanol–water partition coefficient (Wildman–Crippen LogP) is -0.341. The molecule has 0 saturated heterocycles. The number of rotatable bonds is 0. The number of hydrogen-bond acceptors (Lipinski definition) is 1. The summed E-state index contributed by atoms with van der Waals surface area (Å²) >= 11 is 8.53. The summed E-state index contributed by atoms with van der Waals surface area (Å²) in [6.07, 6.45) is 0. The zero-order chi connectivity index (χ0) is 2.71. The Morgan fingerprint density at radius 2 is 1.00 bits per heavy atom. The van der Waals surface area contributed by atoms with Crippen LogP contribution in [0.25, 0.3) is 0 Å². The summed E-state index contributed by atoms with van der Waals surface area (Å²) in [5.41, 5.74) is 0. The van der Waals surface area contributed by atoms with Crippen LogP contribution < -0.4 is 0 Å². The van der Waals surface area contributed by atoms with E-state index in [9.17, 15) is 0 Å². The van der Waals surface area contributed by atoms with E-state index in [1.54, 1.807) is 0 Å². The molecule has 0 rings (SSSR count). The van der Waals surface area contributed by atoms with Crippen LogP contribution in [0.1, 0.15) is 0 Å². The molecule has 0 aromatic heterocycles. The minimum atomic E-state index is 0. The summed E-state index contributed by atoms with van der Waals surface area (Å²) in [5, 5.41) is 0. The molecule has 0 aromatic rings. The fourth-order valence-electron chi connectivity index (χ4n) is 0. The zero-order valence-corrected chi connectivity index (χ0v) is 7.77. The van der Waals surface area contributed by atoms with E-state index >= 15 is 0 Å². The first kappa shape index (κ1) is 26.5. The van der Waals surface area contributed by atoms with Crippen molar-refractivity contribution < 1.29 is 40.6 Å². The van der Waals surface area contributed by atoms with Gasteiger partial charge in [-0.15, -0.1) is 0 Å². The molecular formula is H4Cl2HfO3. The van der Waals surface area contributed by atoms with Gasteiger partial charge in [0, 0.05) is 25.8 Å². The Kier molecular flexibility index (Phi) is 146. The molecule has 0 spiro atoms. The summed E-state index contributed by atoms with van der Waals surface area (Å²) in [6, 6.07) is 0. The van der Waals surface area contributed by atoms with Gasteiger partial charge >= 0.3 is 0 Å². The number of hydrogen-bond donors (Lipinski definition) is 0. The molecule has 6 heavy (non-hydrogen) atoms. The molecule has 0 aliphatic rings. The molecule has 4 N–H and O–H groups in total. The smallest absolute Gasteiger partial charge is 0.0832 e. The quantitative estimate of drug-likeness (QED) is 0.564. The van der Waals surface area contributed by atoms with Crippen molar-refractivity contribution >= 4 is 23.7 Å². The largest absolute Gasteiger partial charge is 0.412 e. The van der Waals surface area contributed by atoms with Crippen LogP contribution in [0.3, 0.4) is 0 Å². The van der Waals surface area contributed by atoms with E-state index in [4.69, 9.17) is 0 Å². The normalized spacial score (nSPS) is 3.00. The van der Waals surface area contributed by atoms with E-state index in [1.165, 1.54) is 0 Å². The second kappa shape index (κ2) is 33.1. The molecule has 3 nitrogen and oxygen atoms in total. The van der Waals surface area contributed by atoms with Crippen molar-refractivity contribution in [3.63, 3.8) is 0 Å². The molecule has 0 fully saturated rings. The van der Waals surface area contributed by atoms with E-state index in [2.05, 4.69) is 27.6 Å². The van der Waals surface area contributed by atoms with Crippen LogP contribution in [0.15, 0.2) is 0 Å². The van der Waals surface area contributed by atoms with Gasteiger partial charge in [-0.3, -0.25) is 0 Å². The van der Waals surface area contributed by atoms with Gasteiger partial charge in [0.1, 0.15) is 0 Å². The second-order valence-electron chi connectivity index (χ2n) is 0.0583. The Morgan fingerprint density at radius 1 is 1.00 bits per heavy atom. The van der Waals surface area contributed by atoms with E-state index in [-0.39, 0.29) is 36.8 Å². The summed E-state index contributed by atoms with van der Waals surface area (Å²) in [6.45, 7) is 0. The van der Waals surface area contributed by atoms with Gasteiger partial charge in [-0.1, -0.05) is 0 Å². The Balaban J connectivity index is -0.00000000667. The Bertz CT molecular complexity index is 8.75. The standard InChI is InChI=1S/Cl2O.Hf.2H2O/c1-3-2;;;/h;;2*1H2. The van der Waals surface area contributed by atoms with E-state index < -0.39 is 0 Å². The van der Waals surface area contributed by atoms with E-state index in [0.29, 0.717) is 0 Å². The Hall–Kier alpha value is 1.33. The van der Waals surface area contributed by atoms with Crippen LogP contribution >= 0.6 is 23.7 Å². The third-order valence-corrected chi connectivity index (χ3v) is 0. The molecule has 40 valence electrons. The van der Waals surface area contributed by atoms with Gasteiger partial charge in [0.25, 0.3) is 0 Å². The maximum Gasteiger partial charge on any atom is 0.0832 e. The molecule has 0 aromatic carbocycles. The fraction of sp³-hybridized carbons (Fsp3) is 0. The molecular weight excluding hydrogens is 297 g/mol. The molecule has 0 saturated carbocycles. The fourth-order valence-corrected chi connectivity index (χ4v) is 0. The van der Waals surface area contributed by atoms with Gasteiger partial charge in [0.2, 0.25) is 0 Å². The summed E-state index contributed by atoms with van der Waals surface area (Å²) < 4.78 is 3.19. The van der Waals surface area contributed by atoms with Crippen LogP contribution in [0.2, 0.25) is 0 Å². The van der Waals surface area contributed by atoms with E-state index in [1.807, 2.05) is 0 Å². The van der Waals surface area contributed by atoms with Crippen molar-refractivity contribution in [3.05, 3.63) is 0 Å². The van der Waals surface area contributed by atoms with Gasteiger partial charge < -0.3 is 11.0 Å². The predicted molar refractivity (Wildman–Crippen MR) is 20.0 cm³/mol. The average Bonchev–Trinajstić information content (AvgIpc) is 0.918. The summed E-state index contributed by atoms with van der Waals surface area (Å²) in [5.74, 6) is 0. The first-order chi connectivity index (χ1) is 1.41. The van der Waals surface area contributed by atoms with Crippen molar-refractivity contribution in [1.29, 1.82) is 0 Å². The minimum absolute atomic E-state index is 0. The molecule has 0 atom stereocenters. The van der Waals surface area contributed by atoms with Crippen LogP contribution in [0, 0.1) is 0 Å². The van der Waals surface area contributed by atoms with Crippen molar-refractivity contribution in [1.82, 2.24) is 0 Å². The molecule has 0 unspecified atom stereocenters. The van der Waals surface area contributed by atoms with Crippen LogP contribution in [-0.4, -0.2) is 11.0 Å². The average molecular weight is 301 g/mol. The third-order valence-electron chi connectivity index (χ3n) is 0. The molecule has 0 bridgehead atoms. The van der Waals surface area contributed by atoms with Crippen molar-refractivity contribution in [3.8, 4) is 0 Å². The topological polar surface area (TPSA) is 72.2 Å². The Morgan fingerprint density at radius 3 is 1.00 bits per heavy atom.